The van der Waals surface area contributed by atoms with Crippen LogP contribution < -0.4 is 5.32 Å². The lowest BCUT2D eigenvalue weighted by atomic mass is 10.1. The van der Waals surface area contributed by atoms with E-state index in [0.29, 0.717) is 16.3 Å². The number of hydrogen-bond donors (Lipinski definition) is 1. The molecule has 0 fully saturated rings. The Kier molecular flexibility index (Phi) is 3.73. The summed E-state index contributed by atoms with van der Waals surface area (Å²) in [6.45, 7) is 5.30. The molecule has 2 aromatic rings. The molecule has 3 amide bonds. The fraction of sp³-hybridized carbons (Fsp3) is 0.250. The highest BCUT2D eigenvalue weighted by Crippen LogP contribution is 2.26. The lowest BCUT2D eigenvalue weighted by molar-refractivity contribution is -0.119. The first-order valence-corrected chi connectivity index (χ1v) is 7.93. The number of aromatic nitrogens is 1. The van der Waals surface area contributed by atoms with E-state index in [9.17, 15) is 14.4 Å². The van der Waals surface area contributed by atoms with E-state index in [-0.39, 0.29) is 0 Å². The molecule has 1 N–H and O–H groups in total. The second-order valence-corrected chi connectivity index (χ2v) is 6.55. The van der Waals surface area contributed by atoms with Gasteiger partial charge in [0.2, 0.25) is 5.91 Å². The zero-order valence-electron chi connectivity index (χ0n) is 12.9. The van der Waals surface area contributed by atoms with E-state index in [1.54, 1.807) is 24.3 Å². The average molecular weight is 329 g/mol. The minimum atomic E-state index is -0.910. The number of carbonyl (C=O) groups excluding carboxylic acids is 3. The number of nitrogens with zero attached hydrogens (tertiary/aromatic N) is 2. The molecule has 118 valence electrons. The number of benzene rings is 1. The van der Waals surface area contributed by atoms with E-state index in [4.69, 9.17) is 0 Å². The summed E-state index contributed by atoms with van der Waals surface area (Å²) in [6, 6.07) is 5.66. The number of hydrogen-bond acceptors (Lipinski definition) is 5. The van der Waals surface area contributed by atoms with Crippen LogP contribution in [0.1, 0.15) is 38.2 Å². The van der Waals surface area contributed by atoms with Crippen LogP contribution >= 0.6 is 11.3 Å². The fourth-order valence-electron chi connectivity index (χ4n) is 2.41. The van der Waals surface area contributed by atoms with Gasteiger partial charge in [-0.15, -0.1) is 11.3 Å². The predicted molar refractivity (Wildman–Crippen MR) is 86.6 cm³/mol. The van der Waals surface area contributed by atoms with Crippen LogP contribution in [0.15, 0.2) is 24.3 Å². The number of fused-ring (bicyclic) bond motifs is 1. The van der Waals surface area contributed by atoms with Crippen molar-refractivity contribution in [3.8, 4) is 0 Å². The van der Waals surface area contributed by atoms with Crippen LogP contribution in [0.3, 0.4) is 0 Å². The highest BCUT2D eigenvalue weighted by Gasteiger charge is 2.40. The molecular weight excluding hydrogens is 314 g/mol. The summed E-state index contributed by atoms with van der Waals surface area (Å²) < 4.78 is 0. The van der Waals surface area contributed by atoms with Gasteiger partial charge in [-0.05, 0) is 32.9 Å². The van der Waals surface area contributed by atoms with Crippen LogP contribution in [0.2, 0.25) is 0 Å². The number of nitrogens with one attached hydrogen (secondary N) is 1. The number of rotatable bonds is 3. The van der Waals surface area contributed by atoms with Crippen molar-refractivity contribution in [1.29, 1.82) is 0 Å². The Balaban J connectivity index is 1.81. The molecule has 6 nitrogen and oxygen atoms in total. The smallest absolute Gasteiger partial charge is 0.262 e. The van der Waals surface area contributed by atoms with Crippen molar-refractivity contribution >= 4 is 34.2 Å². The van der Waals surface area contributed by atoms with Gasteiger partial charge in [-0.1, -0.05) is 12.1 Å². The Morgan fingerprint density at radius 2 is 1.74 bits per heavy atom. The highest BCUT2D eigenvalue weighted by atomic mass is 32.1. The van der Waals surface area contributed by atoms with E-state index in [1.807, 2.05) is 13.8 Å². The van der Waals surface area contributed by atoms with Gasteiger partial charge in [-0.3, -0.25) is 19.3 Å². The lowest BCUT2D eigenvalue weighted by Gasteiger charge is -2.21. The maximum absolute atomic E-state index is 12.4. The zero-order chi connectivity index (χ0) is 16.7. The van der Waals surface area contributed by atoms with Gasteiger partial charge >= 0.3 is 0 Å². The number of aryl methyl sites for hydroxylation is 2. The highest BCUT2D eigenvalue weighted by molar-refractivity contribution is 7.15. The van der Waals surface area contributed by atoms with Crippen LogP contribution in [-0.2, 0) is 4.79 Å². The summed E-state index contributed by atoms with van der Waals surface area (Å²) in [7, 11) is 0. The summed E-state index contributed by atoms with van der Waals surface area (Å²) in [5.74, 6) is -1.33. The van der Waals surface area contributed by atoms with Gasteiger partial charge in [0.15, 0.2) is 5.13 Å². The van der Waals surface area contributed by atoms with Crippen LogP contribution in [-0.4, -0.2) is 33.6 Å². The molecule has 0 saturated heterocycles. The van der Waals surface area contributed by atoms with Crippen molar-refractivity contribution in [2.24, 2.45) is 0 Å². The number of carbonyl (C=O) groups is 3. The van der Waals surface area contributed by atoms with Crippen molar-refractivity contribution in [2.45, 2.75) is 26.8 Å². The van der Waals surface area contributed by atoms with Crippen LogP contribution in [0.4, 0.5) is 5.13 Å². The van der Waals surface area contributed by atoms with E-state index in [0.717, 1.165) is 15.5 Å². The summed E-state index contributed by atoms with van der Waals surface area (Å²) in [5, 5.41) is 3.14. The quantitative estimate of drug-likeness (QED) is 0.877. The molecule has 1 unspecified atom stereocenters. The predicted octanol–water partition coefficient (Wildman–Crippen LogP) is 2.38. The van der Waals surface area contributed by atoms with E-state index in [1.165, 1.54) is 18.3 Å². The second-order valence-electron chi connectivity index (χ2n) is 5.35. The lowest BCUT2D eigenvalue weighted by Crippen LogP contribution is -2.45. The van der Waals surface area contributed by atoms with Crippen LogP contribution in [0.5, 0.6) is 0 Å². The molecule has 1 aliphatic rings. The maximum atomic E-state index is 12.4. The first-order chi connectivity index (χ1) is 10.9. The molecule has 0 spiro atoms. The average Bonchev–Trinajstić information content (AvgIpc) is 2.97. The topological polar surface area (TPSA) is 79.4 Å². The summed E-state index contributed by atoms with van der Waals surface area (Å²) >= 11 is 1.36. The molecule has 1 aromatic carbocycles. The summed E-state index contributed by atoms with van der Waals surface area (Å²) in [4.78, 5) is 43.4. The molecule has 2 heterocycles. The Morgan fingerprint density at radius 1 is 1.17 bits per heavy atom. The van der Waals surface area contributed by atoms with Crippen molar-refractivity contribution in [3.63, 3.8) is 0 Å². The third kappa shape index (κ3) is 2.53. The van der Waals surface area contributed by atoms with Crippen molar-refractivity contribution in [3.05, 3.63) is 46.0 Å². The normalized spacial score (nSPS) is 14.8. The minimum absolute atomic E-state index is 0.332. The molecule has 0 saturated carbocycles. The number of thiazole rings is 1. The van der Waals surface area contributed by atoms with Gasteiger partial charge in [-0.25, -0.2) is 4.98 Å². The van der Waals surface area contributed by atoms with E-state index in [2.05, 4.69) is 10.3 Å². The van der Waals surface area contributed by atoms with Crippen LogP contribution in [0, 0.1) is 13.8 Å². The zero-order valence-corrected chi connectivity index (χ0v) is 13.7. The monoisotopic (exact) mass is 329 g/mol. The van der Waals surface area contributed by atoms with Gasteiger partial charge in [-0.2, -0.15) is 0 Å². The first kappa shape index (κ1) is 15.4. The van der Waals surface area contributed by atoms with Gasteiger partial charge in [0, 0.05) is 4.88 Å². The number of imide groups is 1. The van der Waals surface area contributed by atoms with Gasteiger partial charge in [0.05, 0.1) is 16.8 Å². The molecule has 1 aromatic heterocycles. The molecule has 1 aliphatic heterocycles. The van der Waals surface area contributed by atoms with Crippen molar-refractivity contribution < 1.29 is 14.4 Å². The molecule has 7 heteroatoms. The SMILES string of the molecule is Cc1nc(NC(=O)C(C)N2C(=O)c3ccccc3C2=O)sc1C. The number of anilines is 1. The molecular formula is C16H15N3O3S. The third-order valence-corrected chi connectivity index (χ3v) is 4.84. The van der Waals surface area contributed by atoms with Gasteiger partial charge < -0.3 is 5.32 Å². The van der Waals surface area contributed by atoms with E-state index >= 15 is 0 Å². The molecule has 0 bridgehead atoms. The molecule has 0 aliphatic carbocycles. The Morgan fingerprint density at radius 3 is 2.22 bits per heavy atom. The first-order valence-electron chi connectivity index (χ1n) is 7.12. The largest absolute Gasteiger partial charge is 0.300 e. The molecule has 0 radical (unpaired) electrons. The Bertz CT molecular complexity index is 773. The second kappa shape index (κ2) is 5.58. The minimum Gasteiger partial charge on any atom is -0.300 e. The van der Waals surface area contributed by atoms with Gasteiger partial charge in [0.25, 0.3) is 11.8 Å². The summed E-state index contributed by atoms with van der Waals surface area (Å²) in [5.41, 5.74) is 1.51. The van der Waals surface area contributed by atoms with E-state index < -0.39 is 23.8 Å². The molecule has 23 heavy (non-hydrogen) atoms. The number of amides is 3. The standard InChI is InChI=1S/C16H15N3O3S/c1-8-10(3)23-16(17-8)18-13(20)9(2)19-14(21)11-6-4-5-7-12(11)15(19)22/h4-7,9H,1-3H3,(H,17,18,20). The molecule has 1 atom stereocenters. The van der Waals surface area contributed by atoms with Crippen molar-refractivity contribution in [1.82, 2.24) is 9.88 Å². The Labute approximate surface area is 137 Å². The van der Waals surface area contributed by atoms with Crippen molar-refractivity contribution in [2.75, 3.05) is 5.32 Å². The fourth-order valence-corrected chi connectivity index (χ4v) is 3.23. The van der Waals surface area contributed by atoms with Gasteiger partial charge in [0.1, 0.15) is 6.04 Å². The Hall–Kier alpha value is -2.54. The van der Waals surface area contributed by atoms with Crippen LogP contribution in [0.25, 0.3) is 0 Å². The molecule has 3 rings (SSSR count). The third-order valence-electron chi connectivity index (χ3n) is 3.85. The summed E-state index contributed by atoms with van der Waals surface area (Å²) in [6.07, 6.45) is 0. The maximum Gasteiger partial charge on any atom is 0.262 e.